The first-order valence-corrected chi connectivity index (χ1v) is 11.5. The molecule has 0 aromatic heterocycles. The fourth-order valence-electron chi connectivity index (χ4n) is 3.53. The van der Waals surface area contributed by atoms with E-state index in [4.69, 9.17) is 14.2 Å². The molecule has 2 aliphatic heterocycles. The number of carbonyl (C=O) groups is 1. The number of aryl methyl sites for hydroxylation is 1. The van der Waals surface area contributed by atoms with Crippen molar-refractivity contribution in [2.24, 2.45) is 0 Å². The van der Waals surface area contributed by atoms with Crippen LogP contribution in [0.3, 0.4) is 0 Å². The zero-order chi connectivity index (χ0) is 21.5. The second-order valence-corrected chi connectivity index (χ2v) is 9.41. The standard InChI is InChI=1S/C21H24N2O6S/c1-13-4-6-16-18(10-13)29-20(12-23(16)30(3,25)26)21(24)22-14(2)15-5-7-17-19(11-15)28-9-8-27-17/h4-7,10-11,14,20H,8-9,12H2,1-3H3,(H,22,24)/t14-,20-/m1/s1. The Balaban J connectivity index is 1.53. The summed E-state index contributed by atoms with van der Waals surface area (Å²) in [6.07, 6.45) is 0.156. The predicted octanol–water partition coefficient (Wildman–Crippen LogP) is 2.17. The van der Waals surface area contributed by atoms with Gasteiger partial charge in [0.05, 0.1) is 24.5 Å². The number of sulfonamides is 1. The molecule has 2 aromatic carbocycles. The minimum absolute atomic E-state index is 0.0887. The first kappa shape index (κ1) is 20.3. The average molecular weight is 432 g/mol. The van der Waals surface area contributed by atoms with E-state index in [-0.39, 0.29) is 12.6 Å². The van der Waals surface area contributed by atoms with Gasteiger partial charge in [0.2, 0.25) is 10.0 Å². The molecular weight excluding hydrogens is 408 g/mol. The van der Waals surface area contributed by atoms with Crippen LogP contribution in [0.5, 0.6) is 17.2 Å². The van der Waals surface area contributed by atoms with Crippen molar-refractivity contribution in [2.45, 2.75) is 26.0 Å². The van der Waals surface area contributed by atoms with E-state index in [1.165, 1.54) is 4.31 Å². The molecule has 2 atom stereocenters. The van der Waals surface area contributed by atoms with Gasteiger partial charge in [-0.15, -0.1) is 0 Å². The van der Waals surface area contributed by atoms with Crippen LogP contribution in [0.4, 0.5) is 5.69 Å². The second kappa shape index (κ2) is 7.71. The zero-order valence-corrected chi connectivity index (χ0v) is 17.9. The molecule has 2 aliphatic rings. The molecular formula is C21H24N2O6S. The fourth-order valence-corrected chi connectivity index (χ4v) is 4.45. The molecule has 0 spiro atoms. The van der Waals surface area contributed by atoms with E-state index in [1.807, 2.05) is 38.1 Å². The van der Waals surface area contributed by atoms with Crippen LogP contribution in [-0.2, 0) is 14.8 Å². The molecule has 0 aliphatic carbocycles. The number of nitrogens with one attached hydrogen (secondary N) is 1. The zero-order valence-electron chi connectivity index (χ0n) is 17.0. The van der Waals surface area contributed by atoms with Crippen molar-refractivity contribution in [3.8, 4) is 17.2 Å². The summed E-state index contributed by atoms with van der Waals surface area (Å²) in [5.74, 6) is 1.30. The Labute approximate surface area is 175 Å². The summed E-state index contributed by atoms with van der Waals surface area (Å²) in [7, 11) is -3.57. The van der Waals surface area contributed by atoms with Crippen molar-refractivity contribution in [1.82, 2.24) is 5.32 Å². The highest BCUT2D eigenvalue weighted by Gasteiger charge is 2.35. The van der Waals surface area contributed by atoms with Crippen LogP contribution in [-0.4, -0.2) is 46.4 Å². The molecule has 1 N–H and O–H groups in total. The molecule has 30 heavy (non-hydrogen) atoms. The third-order valence-corrected chi connectivity index (χ3v) is 6.25. The van der Waals surface area contributed by atoms with Gasteiger partial charge in [-0.25, -0.2) is 8.42 Å². The Morgan fingerprint density at radius 2 is 1.83 bits per heavy atom. The number of fused-ring (bicyclic) bond motifs is 2. The molecule has 4 rings (SSSR count). The van der Waals surface area contributed by atoms with E-state index in [0.717, 1.165) is 17.4 Å². The molecule has 0 bridgehead atoms. The number of ether oxygens (including phenoxy) is 3. The lowest BCUT2D eigenvalue weighted by Crippen LogP contribution is -2.50. The van der Waals surface area contributed by atoms with Gasteiger partial charge in [0.1, 0.15) is 19.0 Å². The van der Waals surface area contributed by atoms with Crippen LogP contribution in [0, 0.1) is 6.92 Å². The number of rotatable bonds is 4. The molecule has 0 saturated heterocycles. The second-order valence-electron chi connectivity index (χ2n) is 7.51. The molecule has 9 heteroatoms. The maximum atomic E-state index is 12.9. The largest absolute Gasteiger partial charge is 0.486 e. The minimum Gasteiger partial charge on any atom is -0.486 e. The van der Waals surface area contributed by atoms with Gasteiger partial charge in [-0.1, -0.05) is 12.1 Å². The van der Waals surface area contributed by atoms with Gasteiger partial charge in [0.25, 0.3) is 5.91 Å². The van der Waals surface area contributed by atoms with Crippen molar-refractivity contribution < 1.29 is 27.4 Å². The highest BCUT2D eigenvalue weighted by Crippen LogP contribution is 2.36. The van der Waals surface area contributed by atoms with Crippen LogP contribution in [0.2, 0.25) is 0 Å². The average Bonchev–Trinajstić information content (AvgIpc) is 2.71. The van der Waals surface area contributed by atoms with E-state index in [9.17, 15) is 13.2 Å². The summed E-state index contributed by atoms with van der Waals surface area (Å²) in [5.41, 5.74) is 2.19. The summed E-state index contributed by atoms with van der Waals surface area (Å²) in [4.78, 5) is 12.9. The number of hydrogen-bond acceptors (Lipinski definition) is 6. The normalized spacial score (nSPS) is 18.8. The summed E-state index contributed by atoms with van der Waals surface area (Å²) < 4.78 is 42.8. The molecule has 0 unspecified atom stereocenters. The summed E-state index contributed by atoms with van der Waals surface area (Å²) in [6, 6.07) is 10.4. The molecule has 160 valence electrons. The van der Waals surface area contributed by atoms with Crippen molar-refractivity contribution in [2.75, 3.05) is 30.3 Å². The van der Waals surface area contributed by atoms with Gasteiger partial charge < -0.3 is 19.5 Å². The summed E-state index contributed by atoms with van der Waals surface area (Å²) >= 11 is 0. The monoisotopic (exact) mass is 432 g/mol. The number of carbonyl (C=O) groups excluding carboxylic acids is 1. The Kier molecular flexibility index (Phi) is 5.23. The maximum absolute atomic E-state index is 12.9. The first-order chi connectivity index (χ1) is 14.2. The number of nitrogens with zero attached hydrogens (tertiary/aromatic N) is 1. The fraction of sp³-hybridized carbons (Fsp3) is 0.381. The lowest BCUT2D eigenvalue weighted by atomic mass is 10.1. The van der Waals surface area contributed by atoms with Crippen LogP contribution >= 0.6 is 0 Å². The molecule has 1 amide bonds. The highest BCUT2D eigenvalue weighted by molar-refractivity contribution is 7.92. The van der Waals surface area contributed by atoms with Gasteiger partial charge in [0.15, 0.2) is 17.6 Å². The highest BCUT2D eigenvalue weighted by atomic mass is 32.2. The minimum atomic E-state index is -3.57. The van der Waals surface area contributed by atoms with E-state index < -0.39 is 22.0 Å². The Bertz CT molecular complexity index is 1080. The van der Waals surface area contributed by atoms with Crippen molar-refractivity contribution in [3.05, 3.63) is 47.5 Å². The molecule has 0 fully saturated rings. The van der Waals surface area contributed by atoms with Crippen LogP contribution in [0.25, 0.3) is 0 Å². The van der Waals surface area contributed by atoms with Crippen molar-refractivity contribution in [1.29, 1.82) is 0 Å². The van der Waals surface area contributed by atoms with Gasteiger partial charge >= 0.3 is 0 Å². The van der Waals surface area contributed by atoms with Crippen LogP contribution in [0.1, 0.15) is 24.1 Å². The molecule has 2 aromatic rings. The Morgan fingerprint density at radius 1 is 1.10 bits per heavy atom. The molecule has 2 heterocycles. The van der Waals surface area contributed by atoms with E-state index >= 15 is 0 Å². The third-order valence-electron chi connectivity index (χ3n) is 5.10. The van der Waals surface area contributed by atoms with Crippen LogP contribution < -0.4 is 23.8 Å². The lowest BCUT2D eigenvalue weighted by molar-refractivity contribution is -0.128. The SMILES string of the molecule is Cc1ccc2c(c1)O[C@@H](C(=O)N[C@H](C)c1ccc3c(c1)OCCO3)CN2S(C)(=O)=O. The lowest BCUT2D eigenvalue weighted by Gasteiger charge is -2.34. The van der Waals surface area contributed by atoms with E-state index in [0.29, 0.717) is 36.1 Å². The molecule has 0 radical (unpaired) electrons. The smallest absolute Gasteiger partial charge is 0.263 e. The number of benzene rings is 2. The van der Waals surface area contributed by atoms with Crippen LogP contribution in [0.15, 0.2) is 36.4 Å². The van der Waals surface area contributed by atoms with Crippen molar-refractivity contribution >= 4 is 21.6 Å². The molecule has 8 nitrogen and oxygen atoms in total. The predicted molar refractivity (Wildman–Crippen MR) is 112 cm³/mol. The van der Waals surface area contributed by atoms with Gasteiger partial charge in [0, 0.05) is 0 Å². The van der Waals surface area contributed by atoms with E-state index in [2.05, 4.69) is 5.32 Å². The Hall–Kier alpha value is -2.94. The van der Waals surface area contributed by atoms with Gasteiger partial charge in [-0.3, -0.25) is 9.10 Å². The first-order valence-electron chi connectivity index (χ1n) is 9.67. The van der Waals surface area contributed by atoms with Crippen molar-refractivity contribution in [3.63, 3.8) is 0 Å². The quantitative estimate of drug-likeness (QED) is 0.796. The van der Waals surface area contributed by atoms with Gasteiger partial charge in [-0.2, -0.15) is 0 Å². The number of amides is 1. The summed E-state index contributed by atoms with van der Waals surface area (Å²) in [5, 5.41) is 2.91. The summed E-state index contributed by atoms with van der Waals surface area (Å²) in [6.45, 7) is 4.62. The number of anilines is 1. The Morgan fingerprint density at radius 3 is 2.57 bits per heavy atom. The third kappa shape index (κ3) is 4.02. The van der Waals surface area contributed by atoms with E-state index in [1.54, 1.807) is 12.1 Å². The maximum Gasteiger partial charge on any atom is 0.263 e. The number of hydrogen-bond donors (Lipinski definition) is 1. The topological polar surface area (TPSA) is 94.2 Å². The molecule has 0 saturated carbocycles. The van der Waals surface area contributed by atoms with Gasteiger partial charge in [-0.05, 0) is 49.2 Å².